The van der Waals surface area contributed by atoms with E-state index in [-0.39, 0.29) is 5.91 Å². The zero-order valence-electron chi connectivity index (χ0n) is 13.6. The minimum Gasteiger partial charge on any atom is -0.298 e. The number of nitrogens with zero attached hydrogens (tertiary/aromatic N) is 1. The molecule has 1 amide bonds. The Hall–Kier alpha value is -2.23. The minimum absolute atomic E-state index is 0.244. The lowest BCUT2D eigenvalue weighted by Gasteiger charge is -2.04. The van der Waals surface area contributed by atoms with Crippen molar-refractivity contribution in [3.8, 4) is 11.3 Å². The third-order valence-electron chi connectivity index (χ3n) is 3.33. The normalized spacial score (nSPS) is 11.2. The molecule has 0 bridgehead atoms. The number of nitrogens with one attached hydrogen (secondary N) is 2. The summed E-state index contributed by atoms with van der Waals surface area (Å²) in [4.78, 5) is 16.7. The van der Waals surface area contributed by atoms with Crippen LogP contribution in [0.1, 0.15) is 10.4 Å². The van der Waals surface area contributed by atoms with Crippen LogP contribution in [-0.4, -0.2) is 25.6 Å². The van der Waals surface area contributed by atoms with E-state index in [2.05, 4.69) is 31.0 Å². The van der Waals surface area contributed by atoms with Gasteiger partial charge in [-0.15, -0.1) is 11.3 Å². The van der Waals surface area contributed by atoms with E-state index in [9.17, 15) is 13.2 Å². The molecule has 0 fully saturated rings. The van der Waals surface area contributed by atoms with Gasteiger partial charge in [-0.2, -0.15) is 0 Å². The first-order valence-electron chi connectivity index (χ1n) is 7.41. The molecule has 0 unspecified atom stereocenters. The predicted octanol–water partition coefficient (Wildman–Crippen LogP) is 4.20. The molecule has 0 atom stereocenters. The molecule has 134 valence electrons. The molecule has 3 aromatic rings. The summed E-state index contributed by atoms with van der Waals surface area (Å²) in [7, 11) is -3.31. The first-order valence-corrected chi connectivity index (χ1v) is 11.0. The van der Waals surface area contributed by atoms with Crippen molar-refractivity contribution >= 4 is 54.0 Å². The average Bonchev–Trinajstić information content (AvgIpc) is 3.03. The molecule has 26 heavy (non-hydrogen) atoms. The van der Waals surface area contributed by atoms with Gasteiger partial charge in [0.2, 0.25) is 10.0 Å². The van der Waals surface area contributed by atoms with Crippen molar-refractivity contribution in [1.29, 1.82) is 0 Å². The fraction of sp³-hybridized carbons (Fsp3) is 0.0588. The smallest absolute Gasteiger partial charge is 0.258 e. The van der Waals surface area contributed by atoms with Crippen LogP contribution < -0.4 is 10.0 Å². The van der Waals surface area contributed by atoms with Gasteiger partial charge in [-0.25, -0.2) is 13.4 Å². The van der Waals surface area contributed by atoms with Crippen LogP contribution in [0.2, 0.25) is 0 Å². The SMILES string of the molecule is CS(=O)(=O)Nc1ccc(-c2csc(NC(=O)c3ccccc3Br)n2)cc1. The Bertz CT molecular complexity index is 1050. The monoisotopic (exact) mass is 451 g/mol. The van der Waals surface area contributed by atoms with Crippen molar-refractivity contribution in [3.63, 3.8) is 0 Å². The topological polar surface area (TPSA) is 88.2 Å². The number of carbonyl (C=O) groups is 1. The highest BCUT2D eigenvalue weighted by atomic mass is 79.9. The number of thiazole rings is 1. The Labute approximate surface area is 163 Å². The molecule has 0 aliphatic heterocycles. The van der Waals surface area contributed by atoms with Crippen molar-refractivity contribution in [2.24, 2.45) is 0 Å². The Balaban J connectivity index is 1.74. The summed E-state index contributed by atoms with van der Waals surface area (Å²) in [6.07, 6.45) is 1.10. The van der Waals surface area contributed by atoms with Gasteiger partial charge in [-0.05, 0) is 40.2 Å². The van der Waals surface area contributed by atoms with Crippen molar-refractivity contribution in [3.05, 3.63) is 63.9 Å². The molecule has 2 aromatic carbocycles. The number of anilines is 2. The Kier molecular flexibility index (Phi) is 5.40. The third kappa shape index (κ3) is 4.69. The van der Waals surface area contributed by atoms with E-state index in [1.54, 1.807) is 42.5 Å². The maximum absolute atomic E-state index is 12.3. The molecule has 0 radical (unpaired) electrons. The third-order valence-corrected chi connectivity index (χ3v) is 5.38. The summed E-state index contributed by atoms with van der Waals surface area (Å²) < 4.78 is 25.6. The van der Waals surface area contributed by atoms with Crippen LogP contribution in [0, 0.1) is 0 Å². The number of hydrogen-bond acceptors (Lipinski definition) is 5. The highest BCUT2D eigenvalue weighted by molar-refractivity contribution is 9.10. The van der Waals surface area contributed by atoms with Gasteiger partial charge in [-0.1, -0.05) is 24.3 Å². The molecule has 1 aromatic heterocycles. The predicted molar refractivity (Wildman–Crippen MR) is 108 cm³/mol. The molecule has 9 heteroatoms. The lowest BCUT2D eigenvalue weighted by molar-refractivity contribution is 0.102. The Morgan fingerprint density at radius 1 is 1.12 bits per heavy atom. The van der Waals surface area contributed by atoms with Gasteiger partial charge in [0, 0.05) is 21.1 Å². The standard InChI is InChI=1S/C17H14BrN3O3S2/c1-26(23,24)21-12-8-6-11(7-9-12)15-10-25-17(19-15)20-16(22)13-4-2-3-5-14(13)18/h2-10,21H,1H3,(H,19,20,22). The van der Waals surface area contributed by atoms with Crippen LogP contribution in [0.15, 0.2) is 58.4 Å². The van der Waals surface area contributed by atoms with Crippen LogP contribution in [0.25, 0.3) is 11.3 Å². The van der Waals surface area contributed by atoms with Crippen LogP contribution in [0.3, 0.4) is 0 Å². The first-order chi connectivity index (χ1) is 12.3. The number of halogens is 1. The number of sulfonamides is 1. The van der Waals surface area contributed by atoms with Gasteiger partial charge in [0.15, 0.2) is 5.13 Å². The van der Waals surface area contributed by atoms with Gasteiger partial charge in [0.1, 0.15) is 0 Å². The number of rotatable bonds is 5. The molecule has 0 aliphatic rings. The molecule has 3 rings (SSSR count). The molecule has 2 N–H and O–H groups in total. The van der Waals surface area contributed by atoms with Gasteiger partial charge in [0.25, 0.3) is 5.91 Å². The fourth-order valence-corrected chi connectivity index (χ4v) is 3.94. The highest BCUT2D eigenvalue weighted by Crippen LogP contribution is 2.27. The van der Waals surface area contributed by atoms with E-state index in [1.165, 1.54) is 11.3 Å². The molecular formula is C17H14BrN3O3S2. The zero-order valence-corrected chi connectivity index (χ0v) is 16.8. The maximum Gasteiger partial charge on any atom is 0.258 e. The fourth-order valence-electron chi connectivity index (χ4n) is 2.20. The lowest BCUT2D eigenvalue weighted by Crippen LogP contribution is -2.12. The van der Waals surface area contributed by atoms with Crippen LogP contribution in [0.5, 0.6) is 0 Å². The Morgan fingerprint density at radius 3 is 2.46 bits per heavy atom. The van der Waals surface area contributed by atoms with Crippen LogP contribution >= 0.6 is 27.3 Å². The molecule has 0 aliphatic carbocycles. The second-order valence-corrected chi connectivity index (χ2v) is 8.88. The number of hydrogen-bond donors (Lipinski definition) is 2. The van der Waals surface area contributed by atoms with Crippen molar-refractivity contribution in [2.45, 2.75) is 0 Å². The molecular weight excluding hydrogens is 438 g/mol. The number of benzene rings is 2. The summed E-state index contributed by atoms with van der Waals surface area (Å²) in [5, 5.41) is 5.09. The zero-order chi connectivity index (χ0) is 18.7. The quantitative estimate of drug-likeness (QED) is 0.608. The molecule has 0 saturated heterocycles. The molecule has 6 nitrogen and oxygen atoms in total. The summed E-state index contributed by atoms with van der Waals surface area (Å²) in [6.45, 7) is 0. The minimum atomic E-state index is -3.31. The first kappa shape index (κ1) is 18.6. The van der Waals surface area contributed by atoms with E-state index < -0.39 is 10.0 Å². The van der Waals surface area contributed by atoms with Gasteiger partial charge in [0.05, 0.1) is 17.5 Å². The summed E-state index contributed by atoms with van der Waals surface area (Å²) in [5.41, 5.74) is 2.53. The van der Waals surface area contributed by atoms with Crippen LogP contribution in [0.4, 0.5) is 10.8 Å². The van der Waals surface area contributed by atoms with E-state index >= 15 is 0 Å². The van der Waals surface area contributed by atoms with E-state index in [0.717, 1.165) is 11.8 Å². The second-order valence-electron chi connectivity index (χ2n) is 5.42. The molecule has 0 saturated carbocycles. The van der Waals surface area contributed by atoms with E-state index in [4.69, 9.17) is 0 Å². The summed E-state index contributed by atoms with van der Waals surface area (Å²) >= 11 is 4.67. The van der Waals surface area contributed by atoms with Gasteiger partial charge < -0.3 is 0 Å². The largest absolute Gasteiger partial charge is 0.298 e. The van der Waals surface area contributed by atoms with E-state index in [1.807, 2.05) is 11.4 Å². The number of aromatic nitrogens is 1. The number of amides is 1. The van der Waals surface area contributed by atoms with E-state index in [0.29, 0.717) is 26.5 Å². The highest BCUT2D eigenvalue weighted by Gasteiger charge is 2.12. The van der Waals surface area contributed by atoms with Gasteiger partial charge >= 0.3 is 0 Å². The van der Waals surface area contributed by atoms with Crippen molar-refractivity contribution in [2.75, 3.05) is 16.3 Å². The van der Waals surface area contributed by atoms with Crippen molar-refractivity contribution < 1.29 is 13.2 Å². The molecule has 1 heterocycles. The van der Waals surface area contributed by atoms with Crippen LogP contribution in [-0.2, 0) is 10.0 Å². The number of carbonyl (C=O) groups excluding carboxylic acids is 1. The van der Waals surface area contributed by atoms with Crippen molar-refractivity contribution in [1.82, 2.24) is 4.98 Å². The average molecular weight is 452 g/mol. The second kappa shape index (κ2) is 7.56. The summed E-state index contributed by atoms with van der Waals surface area (Å²) in [6, 6.07) is 14.0. The maximum atomic E-state index is 12.3. The van der Waals surface area contributed by atoms with Gasteiger partial charge in [-0.3, -0.25) is 14.8 Å². The lowest BCUT2D eigenvalue weighted by atomic mass is 10.1. The summed E-state index contributed by atoms with van der Waals surface area (Å²) in [5.74, 6) is -0.244. The Morgan fingerprint density at radius 2 is 1.81 bits per heavy atom. The molecule has 0 spiro atoms.